The van der Waals surface area contributed by atoms with Crippen LogP contribution in [0.4, 0.5) is 0 Å². The molecule has 6 atom stereocenters. The number of amides is 2. The number of nitrogens with zero attached hydrogens (tertiary/aromatic N) is 2. The van der Waals surface area contributed by atoms with E-state index in [4.69, 9.17) is 10.5 Å². The summed E-state index contributed by atoms with van der Waals surface area (Å²) < 4.78 is 5.89. The van der Waals surface area contributed by atoms with E-state index in [2.05, 4.69) is 10.3 Å². The van der Waals surface area contributed by atoms with Crippen molar-refractivity contribution in [3.63, 3.8) is 0 Å². The SMILES string of the molecule is CCCC(=O)O[C@H](C[C@H](C(C)C)N(C)C(=O)[C@@H](N)[C@@H](C)CC)c1nc(C(=O)NC(Cc2ccccc2)CC(C)C(=O)O)cs1. The number of rotatable bonds is 18. The molecule has 1 aromatic heterocycles. The average molecular weight is 631 g/mol. The van der Waals surface area contributed by atoms with Crippen LogP contribution in [0.15, 0.2) is 35.7 Å². The molecule has 2 amide bonds. The average Bonchev–Trinajstić information content (AvgIpc) is 3.48. The van der Waals surface area contributed by atoms with Crippen molar-refractivity contribution in [2.45, 2.75) is 104 Å². The van der Waals surface area contributed by atoms with Crippen molar-refractivity contribution < 1.29 is 29.0 Å². The number of aromatic nitrogens is 1. The number of hydrogen-bond donors (Lipinski definition) is 3. The number of nitrogens with one attached hydrogen (secondary N) is 1. The molecule has 0 saturated carbocycles. The summed E-state index contributed by atoms with van der Waals surface area (Å²) in [5.74, 6) is -2.53. The van der Waals surface area contributed by atoms with Gasteiger partial charge in [0, 0.05) is 37.4 Å². The summed E-state index contributed by atoms with van der Waals surface area (Å²) in [6, 6.07) is 8.19. The van der Waals surface area contributed by atoms with Crippen molar-refractivity contribution in [2.24, 2.45) is 23.5 Å². The molecule has 2 rings (SSSR count). The molecule has 0 radical (unpaired) electrons. The van der Waals surface area contributed by atoms with E-state index in [1.807, 2.05) is 65.0 Å². The second-order valence-corrected chi connectivity index (χ2v) is 12.9. The number of hydrogen-bond acceptors (Lipinski definition) is 8. The minimum atomic E-state index is -0.932. The third kappa shape index (κ3) is 11.0. The molecule has 11 heteroatoms. The highest BCUT2D eigenvalue weighted by atomic mass is 32.1. The van der Waals surface area contributed by atoms with E-state index in [1.165, 1.54) is 11.3 Å². The van der Waals surface area contributed by atoms with Gasteiger partial charge in [0.25, 0.3) is 5.91 Å². The number of aliphatic carboxylic acids is 1. The summed E-state index contributed by atoms with van der Waals surface area (Å²) in [6.45, 7) is 11.4. The fourth-order valence-corrected chi connectivity index (χ4v) is 5.87. The molecular weight excluding hydrogens is 580 g/mol. The first kappa shape index (κ1) is 36.9. The molecule has 4 N–H and O–H groups in total. The first-order valence-electron chi connectivity index (χ1n) is 15.5. The molecule has 1 aromatic carbocycles. The summed E-state index contributed by atoms with van der Waals surface area (Å²) in [6.07, 6.45) is 1.87. The van der Waals surface area contributed by atoms with E-state index in [9.17, 15) is 24.3 Å². The first-order chi connectivity index (χ1) is 20.8. The van der Waals surface area contributed by atoms with Crippen LogP contribution in [0.3, 0.4) is 0 Å². The Kier molecular flexibility index (Phi) is 15.0. The number of carboxylic acid groups (broad SMARTS) is 1. The second kappa shape index (κ2) is 17.9. The van der Waals surface area contributed by atoms with Crippen molar-refractivity contribution in [1.82, 2.24) is 15.2 Å². The minimum Gasteiger partial charge on any atom is -0.481 e. The standard InChI is InChI=1S/C33H50N4O6S/c1-8-13-28(38)43-27(18-26(20(3)4)37(7)32(40)29(34)21(5)9-2)31-36-25(19-44-31)30(39)35-24(16-22(6)33(41)42)17-23-14-11-10-12-15-23/h10-12,14-15,19-22,24,26-27,29H,8-9,13,16-18,34H2,1-7H3,(H,35,39)(H,41,42)/t21-,22?,24?,26+,27+,29-/m0/s1. The lowest BCUT2D eigenvalue weighted by molar-refractivity contribution is -0.151. The van der Waals surface area contributed by atoms with Gasteiger partial charge >= 0.3 is 11.9 Å². The lowest BCUT2D eigenvalue weighted by Gasteiger charge is -2.35. The van der Waals surface area contributed by atoms with Crippen LogP contribution in [0.25, 0.3) is 0 Å². The van der Waals surface area contributed by atoms with Gasteiger partial charge in [0.15, 0.2) is 6.10 Å². The summed E-state index contributed by atoms with van der Waals surface area (Å²) in [5.41, 5.74) is 7.41. The van der Waals surface area contributed by atoms with Crippen molar-refractivity contribution in [1.29, 1.82) is 0 Å². The van der Waals surface area contributed by atoms with E-state index in [1.54, 1.807) is 24.3 Å². The molecule has 0 spiro atoms. The summed E-state index contributed by atoms with van der Waals surface area (Å²) >= 11 is 1.21. The van der Waals surface area contributed by atoms with Crippen LogP contribution in [0.1, 0.15) is 101 Å². The largest absolute Gasteiger partial charge is 0.481 e. The number of carbonyl (C=O) groups is 4. The van der Waals surface area contributed by atoms with Gasteiger partial charge in [0.2, 0.25) is 5.91 Å². The van der Waals surface area contributed by atoms with Crippen LogP contribution >= 0.6 is 11.3 Å². The summed E-state index contributed by atoms with van der Waals surface area (Å²) in [7, 11) is 1.73. The maximum atomic E-state index is 13.4. The normalized spacial score (nSPS) is 15.5. The zero-order valence-corrected chi connectivity index (χ0v) is 27.9. The molecule has 0 saturated heterocycles. The summed E-state index contributed by atoms with van der Waals surface area (Å²) in [5, 5.41) is 14.5. The van der Waals surface area contributed by atoms with Gasteiger partial charge in [-0.15, -0.1) is 11.3 Å². The fraction of sp³-hybridized carbons (Fsp3) is 0.606. The van der Waals surface area contributed by atoms with Gasteiger partial charge in [-0.1, -0.05) is 78.3 Å². The van der Waals surface area contributed by atoms with E-state index in [0.29, 0.717) is 24.3 Å². The van der Waals surface area contributed by atoms with Crippen LogP contribution in [0, 0.1) is 17.8 Å². The molecule has 0 aliphatic rings. The molecule has 0 fully saturated rings. The Hall–Kier alpha value is -3.31. The number of ether oxygens (including phenoxy) is 1. The molecule has 2 unspecified atom stereocenters. The van der Waals surface area contributed by atoms with Crippen LogP contribution in [0.2, 0.25) is 0 Å². The lowest BCUT2D eigenvalue weighted by atomic mass is 9.93. The highest BCUT2D eigenvalue weighted by Crippen LogP contribution is 2.31. The van der Waals surface area contributed by atoms with Gasteiger partial charge in [-0.3, -0.25) is 19.2 Å². The number of esters is 1. The Morgan fingerprint density at radius 1 is 1.07 bits per heavy atom. The number of benzene rings is 1. The Bertz CT molecular complexity index is 1220. The highest BCUT2D eigenvalue weighted by molar-refractivity contribution is 7.09. The maximum absolute atomic E-state index is 13.4. The second-order valence-electron chi connectivity index (χ2n) is 12.0. The Labute approximate surface area is 265 Å². The Morgan fingerprint density at radius 3 is 2.30 bits per heavy atom. The molecule has 0 aliphatic carbocycles. The van der Waals surface area contributed by atoms with Gasteiger partial charge in [-0.05, 0) is 36.7 Å². The minimum absolute atomic E-state index is 0.0141. The summed E-state index contributed by atoms with van der Waals surface area (Å²) in [4.78, 5) is 57.1. The van der Waals surface area contributed by atoms with E-state index < -0.39 is 36.0 Å². The third-order valence-electron chi connectivity index (χ3n) is 8.09. The number of carboxylic acids is 1. The molecule has 244 valence electrons. The highest BCUT2D eigenvalue weighted by Gasteiger charge is 2.34. The monoisotopic (exact) mass is 630 g/mol. The van der Waals surface area contributed by atoms with E-state index in [-0.39, 0.29) is 48.3 Å². The van der Waals surface area contributed by atoms with E-state index >= 15 is 0 Å². The van der Waals surface area contributed by atoms with Gasteiger partial charge in [-0.2, -0.15) is 0 Å². The Balaban J connectivity index is 2.32. The number of thiazole rings is 1. The first-order valence-corrected chi connectivity index (χ1v) is 16.4. The van der Waals surface area contributed by atoms with Crippen LogP contribution in [0.5, 0.6) is 0 Å². The number of carbonyl (C=O) groups excluding carboxylic acids is 3. The van der Waals surface area contributed by atoms with Crippen LogP contribution < -0.4 is 11.1 Å². The van der Waals surface area contributed by atoms with Gasteiger partial charge in [0.05, 0.1) is 12.0 Å². The van der Waals surface area contributed by atoms with Crippen molar-refractivity contribution in [3.8, 4) is 0 Å². The maximum Gasteiger partial charge on any atom is 0.306 e. The Morgan fingerprint density at radius 2 is 1.73 bits per heavy atom. The third-order valence-corrected chi connectivity index (χ3v) is 9.03. The predicted molar refractivity (Wildman–Crippen MR) is 172 cm³/mol. The van der Waals surface area contributed by atoms with Crippen molar-refractivity contribution in [3.05, 3.63) is 52.0 Å². The zero-order valence-electron chi connectivity index (χ0n) is 27.1. The molecule has 1 heterocycles. The number of likely N-dealkylation sites (N-methyl/N-ethyl adjacent to an activating group) is 1. The van der Waals surface area contributed by atoms with Crippen molar-refractivity contribution >= 4 is 35.1 Å². The molecule has 0 bridgehead atoms. The van der Waals surface area contributed by atoms with Crippen molar-refractivity contribution in [2.75, 3.05) is 7.05 Å². The van der Waals surface area contributed by atoms with Gasteiger partial charge < -0.3 is 25.8 Å². The van der Waals surface area contributed by atoms with E-state index in [0.717, 1.165) is 12.0 Å². The molecular formula is C33H50N4O6S. The fourth-order valence-electron chi connectivity index (χ4n) is 5.03. The predicted octanol–water partition coefficient (Wildman–Crippen LogP) is 5.23. The topological polar surface area (TPSA) is 152 Å². The van der Waals surface area contributed by atoms with Gasteiger partial charge in [0.1, 0.15) is 10.7 Å². The van der Waals surface area contributed by atoms with Gasteiger partial charge in [-0.25, -0.2) is 4.98 Å². The number of nitrogens with two attached hydrogens (primary N) is 1. The lowest BCUT2D eigenvalue weighted by Crippen LogP contribution is -2.51. The van der Waals surface area contributed by atoms with Crippen LogP contribution in [-0.4, -0.2) is 63.9 Å². The molecule has 10 nitrogen and oxygen atoms in total. The smallest absolute Gasteiger partial charge is 0.306 e. The zero-order chi connectivity index (χ0) is 33.0. The molecule has 0 aliphatic heterocycles. The molecule has 44 heavy (non-hydrogen) atoms. The quantitative estimate of drug-likeness (QED) is 0.190. The molecule has 2 aromatic rings. The van der Waals surface area contributed by atoms with Crippen LogP contribution in [-0.2, 0) is 25.5 Å².